The van der Waals surface area contributed by atoms with E-state index in [0.717, 1.165) is 5.56 Å². The van der Waals surface area contributed by atoms with Crippen LogP contribution in [0.1, 0.15) is 25.5 Å². The summed E-state index contributed by atoms with van der Waals surface area (Å²) in [4.78, 5) is 0. The number of methoxy groups -OCH3 is 1. The van der Waals surface area contributed by atoms with E-state index in [1.165, 1.54) is 13.2 Å². The van der Waals surface area contributed by atoms with Crippen LogP contribution >= 0.6 is 12.4 Å². The number of benzene rings is 1. The first-order valence-electron chi connectivity index (χ1n) is 5.12. The van der Waals surface area contributed by atoms with Crippen LogP contribution in [0.25, 0.3) is 0 Å². The summed E-state index contributed by atoms with van der Waals surface area (Å²) < 4.78 is 18.1. The molecule has 0 aliphatic heterocycles. The predicted molar refractivity (Wildman–Crippen MR) is 68.0 cm³/mol. The van der Waals surface area contributed by atoms with Gasteiger partial charge in [0.2, 0.25) is 0 Å². The van der Waals surface area contributed by atoms with Crippen molar-refractivity contribution in [3.8, 4) is 5.75 Å². The van der Waals surface area contributed by atoms with Crippen LogP contribution in [0.2, 0.25) is 0 Å². The Morgan fingerprint density at radius 2 is 2.06 bits per heavy atom. The number of halogens is 2. The fourth-order valence-electron chi connectivity index (χ4n) is 1.42. The average molecular weight is 264 g/mol. The highest BCUT2D eigenvalue weighted by molar-refractivity contribution is 5.85. The molecule has 0 aliphatic carbocycles. The average Bonchev–Trinajstić information content (AvgIpc) is 2.28. The van der Waals surface area contributed by atoms with Gasteiger partial charge in [-0.3, -0.25) is 0 Å². The van der Waals surface area contributed by atoms with Crippen molar-refractivity contribution < 1.29 is 14.2 Å². The Balaban J connectivity index is 0.00000256. The van der Waals surface area contributed by atoms with Crippen molar-refractivity contribution in [3.05, 3.63) is 29.6 Å². The molecule has 0 radical (unpaired) electrons. The van der Waals surface area contributed by atoms with Gasteiger partial charge in [0.25, 0.3) is 0 Å². The van der Waals surface area contributed by atoms with Crippen LogP contribution in [-0.2, 0) is 0 Å². The summed E-state index contributed by atoms with van der Waals surface area (Å²) in [5.41, 5.74) is 6.31. The molecule has 0 saturated heterocycles. The number of hydrogen-bond donors (Lipinski definition) is 2. The predicted octanol–water partition coefficient (Wildman–Crippen LogP) is 2.27. The van der Waals surface area contributed by atoms with Crippen LogP contribution in [0.4, 0.5) is 4.39 Å². The first kappa shape index (κ1) is 16.2. The van der Waals surface area contributed by atoms with Crippen molar-refractivity contribution in [1.82, 2.24) is 0 Å². The van der Waals surface area contributed by atoms with Crippen molar-refractivity contribution in [1.29, 1.82) is 0 Å². The molecule has 1 aromatic rings. The minimum absolute atomic E-state index is 0. The van der Waals surface area contributed by atoms with Crippen molar-refractivity contribution >= 4 is 12.4 Å². The molecule has 1 aromatic carbocycles. The van der Waals surface area contributed by atoms with E-state index in [9.17, 15) is 9.50 Å². The molecule has 17 heavy (non-hydrogen) atoms. The lowest BCUT2D eigenvalue weighted by atomic mass is 9.82. The molecule has 0 bridgehead atoms. The minimum atomic E-state index is -0.456. The van der Waals surface area contributed by atoms with Crippen LogP contribution in [0.15, 0.2) is 18.2 Å². The number of nitrogens with two attached hydrogens (primary N) is 1. The van der Waals surface area contributed by atoms with Gasteiger partial charge in [-0.15, -0.1) is 12.4 Å². The topological polar surface area (TPSA) is 55.5 Å². The quantitative estimate of drug-likeness (QED) is 0.876. The molecule has 0 unspecified atom stereocenters. The second kappa shape index (κ2) is 6.19. The van der Waals surface area contributed by atoms with Gasteiger partial charge in [0.1, 0.15) is 0 Å². The summed E-state index contributed by atoms with van der Waals surface area (Å²) in [5, 5.41) is 9.22. The lowest BCUT2D eigenvalue weighted by Crippen LogP contribution is -2.32. The second-order valence-electron chi connectivity index (χ2n) is 4.52. The molecule has 5 heteroatoms. The van der Waals surface area contributed by atoms with Crippen LogP contribution < -0.4 is 10.5 Å². The van der Waals surface area contributed by atoms with E-state index in [1.54, 1.807) is 12.1 Å². The second-order valence-corrected chi connectivity index (χ2v) is 4.52. The van der Waals surface area contributed by atoms with Gasteiger partial charge in [-0.2, -0.15) is 0 Å². The van der Waals surface area contributed by atoms with E-state index in [4.69, 9.17) is 10.5 Å². The number of ether oxygens (including phenoxy) is 1. The Morgan fingerprint density at radius 1 is 1.47 bits per heavy atom. The zero-order chi connectivity index (χ0) is 12.3. The van der Waals surface area contributed by atoms with Gasteiger partial charge in [-0.25, -0.2) is 4.39 Å². The van der Waals surface area contributed by atoms with Crippen LogP contribution in [0.5, 0.6) is 5.75 Å². The largest absolute Gasteiger partial charge is 0.494 e. The molecule has 0 aromatic heterocycles. The van der Waals surface area contributed by atoms with Crippen LogP contribution in [0.3, 0.4) is 0 Å². The maximum atomic E-state index is 13.2. The first-order valence-corrected chi connectivity index (χ1v) is 5.12. The number of rotatable bonds is 4. The molecule has 98 valence electrons. The molecule has 1 atom stereocenters. The number of aliphatic hydroxyl groups is 1. The Hall–Kier alpha value is -0.840. The van der Waals surface area contributed by atoms with Gasteiger partial charge in [-0.05, 0) is 17.7 Å². The number of hydrogen-bond acceptors (Lipinski definition) is 3. The van der Waals surface area contributed by atoms with Crippen molar-refractivity contribution in [3.63, 3.8) is 0 Å². The molecule has 0 spiro atoms. The van der Waals surface area contributed by atoms with E-state index in [-0.39, 0.29) is 30.8 Å². The molecular formula is C12H19ClFNO2. The van der Waals surface area contributed by atoms with E-state index >= 15 is 0 Å². The molecule has 3 nitrogen and oxygen atoms in total. The van der Waals surface area contributed by atoms with Crippen molar-refractivity contribution in [2.45, 2.75) is 19.9 Å². The SMILES string of the molecule is COc1cc([C@@H](N)C(C)(C)CO)ccc1F.Cl. The normalized spacial score (nSPS) is 12.8. The van der Waals surface area contributed by atoms with Gasteiger partial charge in [0.15, 0.2) is 11.6 Å². The third-order valence-electron chi connectivity index (χ3n) is 2.78. The lowest BCUT2D eigenvalue weighted by molar-refractivity contribution is 0.132. The molecular weight excluding hydrogens is 245 g/mol. The molecule has 3 N–H and O–H groups in total. The van der Waals surface area contributed by atoms with Gasteiger partial charge in [-0.1, -0.05) is 19.9 Å². The Labute approximate surface area is 107 Å². The standard InChI is InChI=1S/C12H18FNO2.ClH/c1-12(2,7-15)11(14)8-4-5-9(13)10(6-8)16-3;/h4-6,11,15H,7,14H2,1-3H3;1H/t11-;/m1./s1. The Morgan fingerprint density at radius 3 is 2.53 bits per heavy atom. The van der Waals surface area contributed by atoms with E-state index in [1.807, 2.05) is 13.8 Å². The zero-order valence-corrected chi connectivity index (χ0v) is 11.1. The van der Waals surface area contributed by atoms with Crippen molar-refractivity contribution in [2.24, 2.45) is 11.1 Å². The minimum Gasteiger partial charge on any atom is -0.494 e. The summed E-state index contributed by atoms with van der Waals surface area (Å²) in [6.45, 7) is 3.68. The molecule has 0 fully saturated rings. The summed E-state index contributed by atoms with van der Waals surface area (Å²) >= 11 is 0. The molecule has 0 heterocycles. The summed E-state index contributed by atoms with van der Waals surface area (Å²) in [6.07, 6.45) is 0. The monoisotopic (exact) mass is 263 g/mol. The van der Waals surface area contributed by atoms with Crippen LogP contribution in [-0.4, -0.2) is 18.8 Å². The zero-order valence-electron chi connectivity index (χ0n) is 10.2. The molecule has 1 rings (SSSR count). The van der Waals surface area contributed by atoms with Gasteiger partial charge in [0, 0.05) is 18.1 Å². The van der Waals surface area contributed by atoms with Crippen molar-refractivity contribution in [2.75, 3.05) is 13.7 Å². The fourth-order valence-corrected chi connectivity index (χ4v) is 1.42. The Bertz CT molecular complexity index is 372. The highest BCUT2D eigenvalue weighted by atomic mass is 35.5. The molecule has 0 amide bonds. The van der Waals surface area contributed by atoms with Gasteiger partial charge < -0.3 is 15.6 Å². The fraction of sp³-hybridized carbons (Fsp3) is 0.500. The highest BCUT2D eigenvalue weighted by Gasteiger charge is 2.27. The van der Waals surface area contributed by atoms with E-state index < -0.39 is 11.2 Å². The van der Waals surface area contributed by atoms with E-state index in [0.29, 0.717) is 0 Å². The summed E-state index contributed by atoms with van der Waals surface area (Å²) in [7, 11) is 1.41. The van der Waals surface area contributed by atoms with Gasteiger partial charge >= 0.3 is 0 Å². The Kier molecular flexibility index (Phi) is 5.88. The number of aliphatic hydroxyl groups excluding tert-OH is 1. The van der Waals surface area contributed by atoms with E-state index in [2.05, 4.69) is 0 Å². The smallest absolute Gasteiger partial charge is 0.165 e. The summed E-state index contributed by atoms with van der Waals surface area (Å²) in [6, 6.07) is 4.13. The maximum Gasteiger partial charge on any atom is 0.165 e. The molecule has 0 aliphatic rings. The highest BCUT2D eigenvalue weighted by Crippen LogP contribution is 2.32. The lowest BCUT2D eigenvalue weighted by Gasteiger charge is -2.29. The van der Waals surface area contributed by atoms with Crippen LogP contribution in [0, 0.1) is 11.2 Å². The summed E-state index contributed by atoms with van der Waals surface area (Å²) in [5.74, 6) is -0.248. The third-order valence-corrected chi connectivity index (χ3v) is 2.78. The van der Waals surface area contributed by atoms with Gasteiger partial charge in [0.05, 0.1) is 7.11 Å². The third kappa shape index (κ3) is 3.56. The maximum absolute atomic E-state index is 13.2. The first-order chi connectivity index (χ1) is 7.42. The molecule has 0 saturated carbocycles.